The fraction of sp³-hybridized carbons (Fsp3) is 0.0833. The van der Waals surface area contributed by atoms with Crippen molar-refractivity contribution in [1.82, 2.24) is 4.98 Å². The van der Waals surface area contributed by atoms with Gasteiger partial charge in [0.1, 0.15) is 0 Å². The highest BCUT2D eigenvalue weighted by molar-refractivity contribution is 14.1. The molecule has 0 saturated carbocycles. The van der Waals surface area contributed by atoms with Gasteiger partial charge < -0.3 is 0 Å². The summed E-state index contributed by atoms with van der Waals surface area (Å²) in [6.07, 6.45) is 0. The second-order valence-electron chi connectivity index (χ2n) is 3.38. The number of benzene rings is 1. The molecule has 1 heterocycles. The van der Waals surface area contributed by atoms with E-state index < -0.39 is 11.6 Å². The lowest BCUT2D eigenvalue weighted by Crippen LogP contribution is -1.95. The van der Waals surface area contributed by atoms with Gasteiger partial charge >= 0.3 is 0 Å². The van der Waals surface area contributed by atoms with Crippen LogP contribution in [0.4, 0.5) is 8.78 Å². The molecule has 0 unspecified atom stereocenters. The van der Waals surface area contributed by atoms with Crippen molar-refractivity contribution in [2.45, 2.75) is 6.92 Å². The molecule has 0 aliphatic carbocycles. The van der Waals surface area contributed by atoms with Crippen molar-refractivity contribution in [3.8, 4) is 11.3 Å². The number of nitrogens with zero attached hydrogens (tertiary/aromatic N) is 1. The number of aryl methyl sites for hydroxylation is 1. The smallest absolute Gasteiger partial charge is 0.168 e. The molecule has 82 valence electrons. The third kappa shape index (κ3) is 2.07. The fourth-order valence-electron chi connectivity index (χ4n) is 1.42. The van der Waals surface area contributed by atoms with Crippen molar-refractivity contribution in [3.05, 3.63) is 51.2 Å². The molecule has 1 aromatic heterocycles. The van der Waals surface area contributed by atoms with Gasteiger partial charge in [-0.1, -0.05) is 6.07 Å². The first-order valence-corrected chi connectivity index (χ1v) is 5.75. The van der Waals surface area contributed by atoms with Gasteiger partial charge in [0, 0.05) is 14.8 Å². The Morgan fingerprint density at radius 2 is 1.88 bits per heavy atom. The summed E-state index contributed by atoms with van der Waals surface area (Å²) in [7, 11) is 0. The van der Waals surface area contributed by atoms with E-state index in [0.717, 1.165) is 15.3 Å². The maximum atomic E-state index is 13.6. The van der Waals surface area contributed by atoms with E-state index in [9.17, 15) is 8.78 Å². The van der Waals surface area contributed by atoms with Crippen LogP contribution in [0.2, 0.25) is 0 Å². The van der Waals surface area contributed by atoms with Gasteiger partial charge in [0.25, 0.3) is 0 Å². The summed E-state index contributed by atoms with van der Waals surface area (Å²) >= 11 is 2.06. The van der Waals surface area contributed by atoms with Crippen LogP contribution in [0.3, 0.4) is 0 Å². The van der Waals surface area contributed by atoms with Crippen molar-refractivity contribution in [2.24, 2.45) is 0 Å². The summed E-state index contributed by atoms with van der Waals surface area (Å²) in [6.45, 7) is 1.82. The first-order valence-electron chi connectivity index (χ1n) is 4.67. The Morgan fingerprint density at radius 1 is 1.12 bits per heavy atom. The van der Waals surface area contributed by atoms with Crippen LogP contribution in [-0.4, -0.2) is 4.98 Å². The molecule has 0 amide bonds. The Balaban J connectivity index is 2.67. The standard InChI is InChI=1S/C12H8F2IN/c1-7-5-6-10(15)12(16-7)8-3-2-4-9(13)11(8)14/h2-6H,1H3. The highest BCUT2D eigenvalue weighted by atomic mass is 127. The van der Waals surface area contributed by atoms with Crippen LogP contribution in [0.1, 0.15) is 5.69 Å². The Morgan fingerprint density at radius 3 is 2.62 bits per heavy atom. The number of aromatic nitrogens is 1. The number of hydrogen-bond acceptors (Lipinski definition) is 1. The molecule has 0 bridgehead atoms. The Bertz CT molecular complexity index is 541. The van der Waals surface area contributed by atoms with Crippen molar-refractivity contribution < 1.29 is 8.78 Å². The maximum absolute atomic E-state index is 13.6. The van der Waals surface area contributed by atoms with Gasteiger partial charge in [-0.2, -0.15) is 0 Å². The maximum Gasteiger partial charge on any atom is 0.168 e. The molecular weight excluding hydrogens is 323 g/mol. The minimum atomic E-state index is -0.850. The highest BCUT2D eigenvalue weighted by Gasteiger charge is 2.13. The van der Waals surface area contributed by atoms with Gasteiger partial charge in [-0.15, -0.1) is 0 Å². The summed E-state index contributed by atoms with van der Waals surface area (Å²) in [5.74, 6) is -1.70. The molecule has 2 rings (SSSR count). The summed E-state index contributed by atoms with van der Waals surface area (Å²) in [5, 5.41) is 0. The molecule has 4 heteroatoms. The Labute approximate surface area is 106 Å². The van der Waals surface area contributed by atoms with E-state index in [0.29, 0.717) is 5.69 Å². The van der Waals surface area contributed by atoms with E-state index in [1.165, 1.54) is 12.1 Å². The predicted molar refractivity (Wildman–Crippen MR) is 67.0 cm³/mol. The van der Waals surface area contributed by atoms with Gasteiger partial charge in [-0.25, -0.2) is 8.78 Å². The molecule has 0 spiro atoms. The van der Waals surface area contributed by atoms with E-state index >= 15 is 0 Å². The van der Waals surface area contributed by atoms with Crippen LogP contribution in [0.15, 0.2) is 30.3 Å². The Hall–Kier alpha value is -1.04. The second kappa shape index (κ2) is 4.45. The highest BCUT2D eigenvalue weighted by Crippen LogP contribution is 2.27. The third-order valence-corrected chi connectivity index (χ3v) is 3.06. The minimum Gasteiger partial charge on any atom is -0.252 e. The lowest BCUT2D eigenvalue weighted by Gasteiger charge is -2.06. The molecule has 1 aromatic carbocycles. The summed E-state index contributed by atoms with van der Waals surface area (Å²) in [6, 6.07) is 7.78. The molecule has 0 aliphatic rings. The number of rotatable bonds is 1. The lowest BCUT2D eigenvalue weighted by atomic mass is 10.1. The second-order valence-corrected chi connectivity index (χ2v) is 4.55. The van der Waals surface area contributed by atoms with Gasteiger partial charge in [-0.05, 0) is 53.8 Å². The van der Waals surface area contributed by atoms with Crippen molar-refractivity contribution in [2.75, 3.05) is 0 Å². The van der Waals surface area contributed by atoms with Crippen molar-refractivity contribution in [3.63, 3.8) is 0 Å². The molecule has 0 atom stereocenters. The normalized spacial score (nSPS) is 10.5. The largest absolute Gasteiger partial charge is 0.252 e. The number of hydrogen-bond donors (Lipinski definition) is 0. The van der Waals surface area contributed by atoms with Crippen LogP contribution in [-0.2, 0) is 0 Å². The van der Waals surface area contributed by atoms with Crippen molar-refractivity contribution >= 4 is 22.6 Å². The molecule has 2 aromatic rings. The predicted octanol–water partition coefficient (Wildman–Crippen LogP) is 3.94. The van der Waals surface area contributed by atoms with Crippen LogP contribution in [0.25, 0.3) is 11.3 Å². The summed E-state index contributed by atoms with van der Waals surface area (Å²) < 4.78 is 27.5. The molecule has 0 saturated heterocycles. The van der Waals surface area contributed by atoms with E-state index in [2.05, 4.69) is 27.6 Å². The zero-order valence-corrected chi connectivity index (χ0v) is 10.6. The van der Waals surface area contributed by atoms with Crippen LogP contribution < -0.4 is 0 Å². The van der Waals surface area contributed by atoms with Gasteiger partial charge in [0.2, 0.25) is 0 Å². The van der Waals surface area contributed by atoms with E-state index in [4.69, 9.17) is 0 Å². The fourth-order valence-corrected chi connectivity index (χ4v) is 2.01. The SMILES string of the molecule is Cc1ccc(I)c(-c2cccc(F)c2F)n1. The molecular formula is C12H8F2IN. The van der Waals surface area contributed by atoms with Gasteiger partial charge in [0.15, 0.2) is 11.6 Å². The van der Waals surface area contributed by atoms with E-state index in [1.807, 2.05) is 19.1 Å². The molecule has 0 fully saturated rings. The Kier molecular flexibility index (Phi) is 3.18. The molecule has 0 aliphatic heterocycles. The van der Waals surface area contributed by atoms with Crippen LogP contribution in [0.5, 0.6) is 0 Å². The van der Waals surface area contributed by atoms with Crippen LogP contribution in [0, 0.1) is 22.1 Å². The molecule has 0 radical (unpaired) electrons. The molecule has 16 heavy (non-hydrogen) atoms. The average Bonchev–Trinajstić information content (AvgIpc) is 2.26. The van der Waals surface area contributed by atoms with Gasteiger partial charge in [-0.3, -0.25) is 4.98 Å². The topological polar surface area (TPSA) is 12.9 Å². The van der Waals surface area contributed by atoms with E-state index in [-0.39, 0.29) is 5.56 Å². The summed E-state index contributed by atoms with van der Waals surface area (Å²) in [4.78, 5) is 4.23. The van der Waals surface area contributed by atoms with Gasteiger partial charge in [0.05, 0.1) is 5.69 Å². The molecule has 1 nitrogen and oxygen atoms in total. The van der Waals surface area contributed by atoms with Crippen molar-refractivity contribution in [1.29, 1.82) is 0 Å². The lowest BCUT2D eigenvalue weighted by molar-refractivity contribution is 0.511. The van der Waals surface area contributed by atoms with Crippen LogP contribution >= 0.6 is 22.6 Å². The number of pyridine rings is 1. The average molecular weight is 331 g/mol. The zero-order valence-electron chi connectivity index (χ0n) is 8.47. The third-order valence-electron chi connectivity index (χ3n) is 2.19. The quantitative estimate of drug-likeness (QED) is 0.722. The first kappa shape index (κ1) is 11.4. The first-order chi connectivity index (χ1) is 7.59. The summed E-state index contributed by atoms with van der Waals surface area (Å²) in [5.41, 5.74) is 1.46. The zero-order chi connectivity index (χ0) is 11.7. The minimum absolute atomic E-state index is 0.202. The monoisotopic (exact) mass is 331 g/mol. The molecule has 0 N–H and O–H groups in total. The number of halogens is 3. The van der Waals surface area contributed by atoms with E-state index in [1.54, 1.807) is 0 Å².